The van der Waals surface area contributed by atoms with E-state index in [2.05, 4.69) is 15.5 Å². The van der Waals surface area contributed by atoms with E-state index in [9.17, 15) is 4.79 Å². The Morgan fingerprint density at radius 2 is 1.93 bits per heavy atom. The molecule has 1 aliphatic carbocycles. The Kier molecular flexibility index (Phi) is 5.12. The summed E-state index contributed by atoms with van der Waals surface area (Å²) < 4.78 is 22.2. The first-order chi connectivity index (χ1) is 14.7. The maximum atomic E-state index is 12.8. The molecular formula is C21H21N3O5S. The number of nitrogens with one attached hydrogen (secondary N) is 1. The SMILES string of the molecule is O=C(CSc1nnc(-c2ccco2)o1)NC1(c2ccc3c(c2)OCCO3)CCCC1. The van der Waals surface area contributed by atoms with Crippen LogP contribution in [0.25, 0.3) is 11.7 Å². The summed E-state index contributed by atoms with van der Waals surface area (Å²) in [5.41, 5.74) is 0.669. The number of rotatable bonds is 6. The number of hydrogen-bond acceptors (Lipinski definition) is 8. The molecule has 3 heterocycles. The predicted octanol–water partition coefficient (Wildman–Crippen LogP) is 3.78. The molecule has 2 aromatic heterocycles. The van der Waals surface area contributed by atoms with Gasteiger partial charge in [-0.1, -0.05) is 30.7 Å². The third-order valence-corrected chi connectivity index (χ3v) is 6.21. The summed E-state index contributed by atoms with van der Waals surface area (Å²) in [4.78, 5) is 12.8. The summed E-state index contributed by atoms with van der Waals surface area (Å²) in [6.45, 7) is 1.10. The van der Waals surface area contributed by atoms with Gasteiger partial charge in [-0.3, -0.25) is 4.79 Å². The number of fused-ring (bicyclic) bond motifs is 1. The third-order valence-electron chi connectivity index (χ3n) is 5.40. The highest BCUT2D eigenvalue weighted by Gasteiger charge is 2.38. The van der Waals surface area contributed by atoms with Gasteiger partial charge in [0.1, 0.15) is 13.2 Å². The van der Waals surface area contributed by atoms with Gasteiger partial charge in [0.2, 0.25) is 5.91 Å². The van der Waals surface area contributed by atoms with E-state index in [0.29, 0.717) is 30.1 Å². The Balaban J connectivity index is 1.26. The number of carbonyl (C=O) groups excluding carboxylic acids is 1. The lowest BCUT2D eigenvalue weighted by Gasteiger charge is -2.32. The zero-order valence-electron chi connectivity index (χ0n) is 16.3. The van der Waals surface area contributed by atoms with Crippen LogP contribution >= 0.6 is 11.8 Å². The molecule has 5 rings (SSSR count). The van der Waals surface area contributed by atoms with Crippen molar-refractivity contribution in [2.24, 2.45) is 0 Å². The zero-order valence-corrected chi connectivity index (χ0v) is 17.1. The third kappa shape index (κ3) is 3.77. The molecule has 0 radical (unpaired) electrons. The van der Waals surface area contributed by atoms with Crippen LogP contribution in [0.1, 0.15) is 31.2 Å². The zero-order chi connectivity index (χ0) is 20.4. The number of thioether (sulfide) groups is 1. The summed E-state index contributed by atoms with van der Waals surface area (Å²) >= 11 is 1.21. The molecule has 8 nitrogen and oxygen atoms in total. The minimum absolute atomic E-state index is 0.0745. The Bertz CT molecular complexity index is 1030. The lowest BCUT2D eigenvalue weighted by molar-refractivity contribution is -0.120. The normalized spacial score (nSPS) is 17.1. The summed E-state index contributed by atoms with van der Waals surface area (Å²) in [6, 6.07) is 9.45. The molecule has 0 bridgehead atoms. The van der Waals surface area contributed by atoms with Gasteiger partial charge in [0.15, 0.2) is 17.3 Å². The minimum Gasteiger partial charge on any atom is -0.486 e. The molecule has 1 saturated carbocycles. The van der Waals surface area contributed by atoms with Crippen molar-refractivity contribution in [1.29, 1.82) is 0 Å². The number of aromatic nitrogens is 2. The standard InChI is InChI=1S/C21H21N3O5S/c25-18(13-30-20-24-23-19(29-20)16-4-3-9-26-16)22-21(7-1-2-8-21)14-5-6-15-17(12-14)28-11-10-27-15/h3-6,9,12H,1-2,7-8,10-11,13H2,(H,22,25). The Hall–Kier alpha value is -2.94. The van der Waals surface area contributed by atoms with E-state index in [1.807, 2.05) is 18.2 Å². The number of ether oxygens (including phenoxy) is 2. The molecule has 1 aromatic carbocycles. The molecule has 156 valence electrons. The van der Waals surface area contributed by atoms with E-state index in [-0.39, 0.29) is 17.2 Å². The second kappa shape index (κ2) is 8.06. The molecule has 1 amide bonds. The maximum Gasteiger partial charge on any atom is 0.284 e. The van der Waals surface area contributed by atoms with Gasteiger partial charge in [-0.25, -0.2) is 0 Å². The average Bonchev–Trinajstić information content (AvgIpc) is 3.54. The van der Waals surface area contributed by atoms with Crippen molar-refractivity contribution in [1.82, 2.24) is 15.5 Å². The van der Waals surface area contributed by atoms with Crippen LogP contribution in [0, 0.1) is 0 Å². The largest absolute Gasteiger partial charge is 0.486 e. The molecule has 0 atom stereocenters. The van der Waals surface area contributed by atoms with E-state index < -0.39 is 0 Å². The minimum atomic E-state index is -0.387. The van der Waals surface area contributed by atoms with E-state index >= 15 is 0 Å². The molecule has 0 unspecified atom stereocenters. The highest BCUT2D eigenvalue weighted by Crippen LogP contribution is 2.42. The molecule has 1 N–H and O–H groups in total. The van der Waals surface area contributed by atoms with Crippen molar-refractivity contribution in [3.05, 3.63) is 42.2 Å². The van der Waals surface area contributed by atoms with Crippen LogP contribution < -0.4 is 14.8 Å². The molecular weight excluding hydrogens is 406 g/mol. The molecule has 0 spiro atoms. The maximum absolute atomic E-state index is 12.8. The lowest BCUT2D eigenvalue weighted by atomic mass is 9.87. The van der Waals surface area contributed by atoms with Gasteiger partial charge < -0.3 is 23.6 Å². The van der Waals surface area contributed by atoms with Crippen LogP contribution in [0.2, 0.25) is 0 Å². The molecule has 3 aromatic rings. The number of nitrogens with zero attached hydrogens (tertiary/aromatic N) is 2. The Morgan fingerprint density at radius 1 is 1.10 bits per heavy atom. The summed E-state index contributed by atoms with van der Waals surface area (Å²) in [5, 5.41) is 11.5. The van der Waals surface area contributed by atoms with Crippen molar-refractivity contribution < 1.29 is 23.1 Å². The van der Waals surface area contributed by atoms with Crippen LogP contribution in [-0.2, 0) is 10.3 Å². The summed E-state index contributed by atoms with van der Waals surface area (Å²) in [5.74, 6) is 2.41. The van der Waals surface area contributed by atoms with Gasteiger partial charge in [0, 0.05) is 0 Å². The van der Waals surface area contributed by atoms with Gasteiger partial charge in [-0.15, -0.1) is 10.2 Å². The Morgan fingerprint density at radius 3 is 2.73 bits per heavy atom. The molecule has 2 aliphatic rings. The fraction of sp³-hybridized carbons (Fsp3) is 0.381. The molecule has 1 fully saturated rings. The highest BCUT2D eigenvalue weighted by atomic mass is 32.2. The fourth-order valence-corrected chi connectivity index (χ4v) is 4.57. The van der Waals surface area contributed by atoms with Crippen molar-refractivity contribution in [3.63, 3.8) is 0 Å². The number of benzene rings is 1. The van der Waals surface area contributed by atoms with Crippen LogP contribution in [-0.4, -0.2) is 35.1 Å². The Labute approximate surface area is 177 Å². The van der Waals surface area contributed by atoms with Gasteiger partial charge in [-0.2, -0.15) is 0 Å². The number of carbonyl (C=O) groups is 1. The van der Waals surface area contributed by atoms with Gasteiger partial charge in [0.25, 0.3) is 11.1 Å². The lowest BCUT2D eigenvalue weighted by Crippen LogP contribution is -2.44. The van der Waals surface area contributed by atoms with Crippen molar-refractivity contribution in [2.75, 3.05) is 19.0 Å². The highest BCUT2D eigenvalue weighted by molar-refractivity contribution is 7.99. The van der Waals surface area contributed by atoms with Crippen LogP contribution in [0.5, 0.6) is 11.5 Å². The van der Waals surface area contributed by atoms with E-state index in [1.165, 1.54) is 11.8 Å². The number of amides is 1. The van der Waals surface area contributed by atoms with E-state index in [1.54, 1.807) is 18.4 Å². The first-order valence-electron chi connectivity index (χ1n) is 9.93. The first-order valence-corrected chi connectivity index (χ1v) is 10.9. The van der Waals surface area contributed by atoms with Crippen molar-refractivity contribution in [3.8, 4) is 23.1 Å². The fourth-order valence-electron chi connectivity index (χ4n) is 4.00. The second-order valence-corrected chi connectivity index (χ2v) is 8.26. The molecule has 9 heteroatoms. The molecule has 30 heavy (non-hydrogen) atoms. The monoisotopic (exact) mass is 427 g/mol. The molecule has 0 saturated heterocycles. The van der Waals surface area contributed by atoms with Crippen LogP contribution in [0.15, 0.2) is 50.7 Å². The van der Waals surface area contributed by atoms with Gasteiger partial charge in [0.05, 0.1) is 17.6 Å². The van der Waals surface area contributed by atoms with Crippen molar-refractivity contribution in [2.45, 2.75) is 36.4 Å². The van der Waals surface area contributed by atoms with Crippen molar-refractivity contribution >= 4 is 17.7 Å². The van der Waals surface area contributed by atoms with E-state index in [4.69, 9.17) is 18.3 Å². The topological polar surface area (TPSA) is 99.6 Å². The number of hydrogen-bond donors (Lipinski definition) is 1. The smallest absolute Gasteiger partial charge is 0.284 e. The van der Waals surface area contributed by atoms with Crippen LogP contribution in [0.4, 0.5) is 0 Å². The molecule has 1 aliphatic heterocycles. The quantitative estimate of drug-likeness (QED) is 0.594. The summed E-state index contributed by atoms with van der Waals surface area (Å²) in [7, 11) is 0. The second-order valence-electron chi connectivity index (χ2n) is 7.33. The predicted molar refractivity (Wildman–Crippen MR) is 108 cm³/mol. The van der Waals surface area contributed by atoms with E-state index in [0.717, 1.165) is 42.7 Å². The van der Waals surface area contributed by atoms with Gasteiger partial charge >= 0.3 is 0 Å². The summed E-state index contributed by atoms with van der Waals surface area (Å²) in [6.07, 6.45) is 5.47. The van der Waals surface area contributed by atoms with Crippen LogP contribution in [0.3, 0.4) is 0 Å². The first kappa shape index (κ1) is 19.0. The number of furan rings is 1. The van der Waals surface area contributed by atoms with Gasteiger partial charge in [-0.05, 0) is 42.7 Å². The average molecular weight is 427 g/mol.